The quantitative estimate of drug-likeness (QED) is 0.941. The van der Waals surface area contributed by atoms with Crippen LogP contribution in [0.3, 0.4) is 0 Å². The molecule has 0 aliphatic rings. The Bertz CT molecular complexity index is 543. The van der Waals surface area contributed by atoms with Gasteiger partial charge in [0.1, 0.15) is 11.5 Å². The van der Waals surface area contributed by atoms with Crippen molar-refractivity contribution >= 4 is 15.9 Å². The maximum Gasteiger partial charge on any atom is 0.146 e. The Morgan fingerprint density at radius 2 is 2.11 bits per heavy atom. The SMILES string of the molecule is Cc1cc(CCN)ccc1Oc1cncc(Br)c1. The highest BCUT2D eigenvalue weighted by molar-refractivity contribution is 9.10. The molecule has 0 bridgehead atoms. The lowest BCUT2D eigenvalue weighted by Gasteiger charge is -2.10. The Morgan fingerprint density at radius 1 is 1.28 bits per heavy atom. The molecule has 1 aromatic carbocycles. The maximum atomic E-state index is 5.80. The molecule has 0 aliphatic heterocycles. The van der Waals surface area contributed by atoms with Crippen LogP contribution in [0.2, 0.25) is 0 Å². The average Bonchev–Trinajstić information content (AvgIpc) is 2.33. The van der Waals surface area contributed by atoms with E-state index >= 15 is 0 Å². The van der Waals surface area contributed by atoms with Crippen LogP contribution in [-0.2, 0) is 6.42 Å². The summed E-state index contributed by atoms with van der Waals surface area (Å²) < 4.78 is 6.70. The van der Waals surface area contributed by atoms with E-state index in [0.29, 0.717) is 6.54 Å². The van der Waals surface area contributed by atoms with Crippen molar-refractivity contribution < 1.29 is 4.74 Å². The van der Waals surface area contributed by atoms with Gasteiger partial charge in [0.05, 0.1) is 6.20 Å². The van der Waals surface area contributed by atoms with Crippen LogP contribution in [0.5, 0.6) is 11.5 Å². The standard InChI is InChI=1S/C14H15BrN2O/c1-10-6-11(4-5-16)2-3-14(10)18-13-7-12(15)8-17-9-13/h2-3,6-9H,4-5,16H2,1H3. The molecule has 18 heavy (non-hydrogen) atoms. The lowest BCUT2D eigenvalue weighted by molar-refractivity contribution is 0.476. The fourth-order valence-electron chi connectivity index (χ4n) is 1.72. The summed E-state index contributed by atoms with van der Waals surface area (Å²) in [6.07, 6.45) is 4.31. The van der Waals surface area contributed by atoms with Gasteiger partial charge in [-0.15, -0.1) is 0 Å². The van der Waals surface area contributed by atoms with Gasteiger partial charge >= 0.3 is 0 Å². The summed E-state index contributed by atoms with van der Waals surface area (Å²) in [6.45, 7) is 2.69. The number of aryl methyl sites for hydroxylation is 1. The minimum Gasteiger partial charge on any atom is -0.455 e. The van der Waals surface area contributed by atoms with Crippen molar-refractivity contribution in [2.45, 2.75) is 13.3 Å². The molecule has 1 aromatic heterocycles. The Balaban J connectivity index is 2.19. The molecule has 0 spiro atoms. The lowest BCUT2D eigenvalue weighted by atomic mass is 10.1. The number of hydrogen-bond acceptors (Lipinski definition) is 3. The van der Waals surface area contributed by atoms with Gasteiger partial charge in [0.2, 0.25) is 0 Å². The molecule has 2 rings (SSSR count). The molecule has 2 N–H and O–H groups in total. The third-order valence-corrected chi connectivity index (χ3v) is 3.01. The van der Waals surface area contributed by atoms with E-state index in [2.05, 4.69) is 27.0 Å². The fourth-order valence-corrected chi connectivity index (χ4v) is 2.07. The van der Waals surface area contributed by atoms with Crippen LogP contribution in [0.15, 0.2) is 41.1 Å². The van der Waals surface area contributed by atoms with Crippen LogP contribution >= 0.6 is 15.9 Å². The molecule has 0 saturated heterocycles. The number of pyridine rings is 1. The molecule has 1 heterocycles. The predicted octanol–water partition coefficient (Wildman–Crippen LogP) is 3.45. The van der Waals surface area contributed by atoms with Crippen LogP contribution in [0.4, 0.5) is 0 Å². The second-order valence-electron chi connectivity index (χ2n) is 4.08. The fraction of sp³-hybridized carbons (Fsp3) is 0.214. The van der Waals surface area contributed by atoms with Crippen molar-refractivity contribution in [2.75, 3.05) is 6.54 Å². The molecular formula is C14H15BrN2O. The van der Waals surface area contributed by atoms with Crippen molar-refractivity contribution in [2.24, 2.45) is 5.73 Å². The first kappa shape index (κ1) is 13.1. The van der Waals surface area contributed by atoms with Crippen molar-refractivity contribution in [3.05, 3.63) is 52.3 Å². The Morgan fingerprint density at radius 3 is 2.78 bits per heavy atom. The van der Waals surface area contributed by atoms with Crippen molar-refractivity contribution in [3.63, 3.8) is 0 Å². The van der Waals surface area contributed by atoms with Gasteiger partial charge in [-0.05, 0) is 59.1 Å². The summed E-state index contributed by atoms with van der Waals surface area (Å²) in [5.74, 6) is 1.56. The normalized spacial score (nSPS) is 10.4. The topological polar surface area (TPSA) is 48.1 Å². The molecule has 0 amide bonds. The number of hydrogen-bond donors (Lipinski definition) is 1. The molecular weight excluding hydrogens is 292 g/mol. The average molecular weight is 307 g/mol. The number of halogens is 1. The van der Waals surface area contributed by atoms with E-state index in [1.807, 2.05) is 25.1 Å². The van der Waals surface area contributed by atoms with Crippen LogP contribution in [0, 0.1) is 6.92 Å². The Labute approximate surface area is 115 Å². The van der Waals surface area contributed by atoms with E-state index in [9.17, 15) is 0 Å². The number of benzene rings is 1. The van der Waals surface area contributed by atoms with E-state index in [1.165, 1.54) is 5.56 Å². The smallest absolute Gasteiger partial charge is 0.146 e. The predicted molar refractivity (Wildman–Crippen MR) is 75.9 cm³/mol. The number of rotatable bonds is 4. The van der Waals surface area contributed by atoms with Gasteiger partial charge in [0.15, 0.2) is 0 Å². The van der Waals surface area contributed by atoms with E-state index in [0.717, 1.165) is 28.0 Å². The number of nitrogens with zero attached hydrogens (tertiary/aromatic N) is 1. The molecule has 4 heteroatoms. The van der Waals surface area contributed by atoms with Gasteiger partial charge in [-0.3, -0.25) is 4.98 Å². The number of aromatic nitrogens is 1. The first-order chi connectivity index (χ1) is 8.69. The van der Waals surface area contributed by atoms with Crippen LogP contribution in [0.25, 0.3) is 0 Å². The van der Waals surface area contributed by atoms with Crippen molar-refractivity contribution in [3.8, 4) is 11.5 Å². The molecule has 3 nitrogen and oxygen atoms in total. The third-order valence-electron chi connectivity index (χ3n) is 2.58. The van der Waals surface area contributed by atoms with Crippen LogP contribution < -0.4 is 10.5 Å². The summed E-state index contributed by atoms with van der Waals surface area (Å²) in [7, 11) is 0. The van der Waals surface area contributed by atoms with Crippen molar-refractivity contribution in [1.29, 1.82) is 0 Å². The highest BCUT2D eigenvalue weighted by atomic mass is 79.9. The largest absolute Gasteiger partial charge is 0.455 e. The second kappa shape index (κ2) is 5.98. The minimum absolute atomic E-state index is 0.662. The molecule has 0 atom stereocenters. The first-order valence-electron chi connectivity index (χ1n) is 5.77. The molecule has 94 valence electrons. The molecule has 2 aromatic rings. The van der Waals surface area contributed by atoms with E-state index in [4.69, 9.17) is 10.5 Å². The number of nitrogens with two attached hydrogens (primary N) is 1. The van der Waals surface area contributed by atoms with Gasteiger partial charge in [-0.25, -0.2) is 0 Å². The van der Waals surface area contributed by atoms with E-state index in [1.54, 1.807) is 12.4 Å². The monoisotopic (exact) mass is 306 g/mol. The third kappa shape index (κ3) is 3.31. The zero-order valence-electron chi connectivity index (χ0n) is 10.2. The summed E-state index contributed by atoms with van der Waals surface area (Å²) in [5.41, 5.74) is 7.87. The second-order valence-corrected chi connectivity index (χ2v) is 5.00. The summed E-state index contributed by atoms with van der Waals surface area (Å²) >= 11 is 3.37. The maximum absolute atomic E-state index is 5.80. The zero-order chi connectivity index (χ0) is 13.0. The van der Waals surface area contributed by atoms with Gasteiger partial charge in [0.25, 0.3) is 0 Å². The zero-order valence-corrected chi connectivity index (χ0v) is 11.8. The number of ether oxygens (including phenoxy) is 1. The van der Waals surface area contributed by atoms with E-state index in [-0.39, 0.29) is 0 Å². The molecule has 0 aliphatic carbocycles. The molecule has 0 unspecified atom stereocenters. The van der Waals surface area contributed by atoms with Crippen LogP contribution in [-0.4, -0.2) is 11.5 Å². The van der Waals surface area contributed by atoms with E-state index < -0.39 is 0 Å². The highest BCUT2D eigenvalue weighted by Gasteiger charge is 2.03. The molecule has 0 radical (unpaired) electrons. The molecule has 0 fully saturated rings. The van der Waals surface area contributed by atoms with Crippen LogP contribution in [0.1, 0.15) is 11.1 Å². The lowest BCUT2D eigenvalue weighted by Crippen LogP contribution is -2.02. The van der Waals surface area contributed by atoms with Crippen molar-refractivity contribution in [1.82, 2.24) is 4.98 Å². The summed E-state index contributed by atoms with van der Waals surface area (Å²) in [4.78, 5) is 4.07. The molecule has 0 saturated carbocycles. The summed E-state index contributed by atoms with van der Waals surface area (Å²) in [5, 5.41) is 0. The Hall–Kier alpha value is -1.39. The van der Waals surface area contributed by atoms with Gasteiger partial charge in [0, 0.05) is 10.7 Å². The Kier molecular flexibility index (Phi) is 4.33. The van der Waals surface area contributed by atoms with Gasteiger partial charge in [-0.2, -0.15) is 0 Å². The minimum atomic E-state index is 0.662. The first-order valence-corrected chi connectivity index (χ1v) is 6.56. The van der Waals surface area contributed by atoms with Gasteiger partial charge < -0.3 is 10.5 Å². The summed E-state index contributed by atoms with van der Waals surface area (Å²) in [6, 6.07) is 8.01. The highest BCUT2D eigenvalue weighted by Crippen LogP contribution is 2.26. The van der Waals surface area contributed by atoms with Gasteiger partial charge in [-0.1, -0.05) is 12.1 Å².